The third kappa shape index (κ3) is 6.43. The Labute approximate surface area is 177 Å². The SMILES string of the molecule is CCCCC1CCCN(CC2CCCCC2NC(=O)c2ccc(C(F)(F)F)nc2)C1. The predicted octanol–water partition coefficient (Wildman–Crippen LogP) is 5.29. The van der Waals surface area contributed by atoms with Gasteiger partial charge in [0.2, 0.25) is 0 Å². The van der Waals surface area contributed by atoms with Crippen LogP contribution in [0.4, 0.5) is 13.2 Å². The van der Waals surface area contributed by atoms with E-state index in [9.17, 15) is 18.0 Å². The summed E-state index contributed by atoms with van der Waals surface area (Å²) in [7, 11) is 0. The van der Waals surface area contributed by atoms with Crippen LogP contribution < -0.4 is 5.32 Å². The van der Waals surface area contributed by atoms with Crippen LogP contribution >= 0.6 is 0 Å². The van der Waals surface area contributed by atoms with Gasteiger partial charge in [0.15, 0.2) is 0 Å². The van der Waals surface area contributed by atoms with Crippen LogP contribution in [0, 0.1) is 11.8 Å². The number of piperidine rings is 1. The van der Waals surface area contributed by atoms with Gasteiger partial charge in [-0.2, -0.15) is 13.2 Å². The lowest BCUT2D eigenvalue weighted by molar-refractivity contribution is -0.141. The summed E-state index contributed by atoms with van der Waals surface area (Å²) in [6.07, 6.45) is 7.21. The first-order chi connectivity index (χ1) is 14.4. The number of hydrogen-bond acceptors (Lipinski definition) is 3. The number of hydrogen-bond donors (Lipinski definition) is 1. The van der Waals surface area contributed by atoms with Crippen molar-refractivity contribution in [1.82, 2.24) is 15.2 Å². The quantitative estimate of drug-likeness (QED) is 0.646. The smallest absolute Gasteiger partial charge is 0.349 e. The Hall–Kier alpha value is -1.63. The van der Waals surface area contributed by atoms with Gasteiger partial charge >= 0.3 is 6.18 Å². The number of likely N-dealkylation sites (tertiary alicyclic amines) is 1. The highest BCUT2D eigenvalue weighted by molar-refractivity contribution is 5.94. The number of unbranched alkanes of at least 4 members (excludes halogenated alkanes) is 1. The van der Waals surface area contributed by atoms with Crippen LogP contribution in [0.15, 0.2) is 18.3 Å². The zero-order chi connectivity index (χ0) is 21.6. The molecule has 1 saturated heterocycles. The van der Waals surface area contributed by atoms with Crippen LogP contribution in [0.1, 0.15) is 80.8 Å². The van der Waals surface area contributed by atoms with E-state index in [-0.39, 0.29) is 17.5 Å². The van der Waals surface area contributed by atoms with Gasteiger partial charge in [0.25, 0.3) is 5.91 Å². The Morgan fingerprint density at radius 1 is 1.20 bits per heavy atom. The summed E-state index contributed by atoms with van der Waals surface area (Å²) in [5.41, 5.74) is -0.790. The molecule has 0 bridgehead atoms. The van der Waals surface area contributed by atoms with Crippen LogP contribution in [-0.4, -0.2) is 41.5 Å². The Bertz CT molecular complexity index is 677. The maximum Gasteiger partial charge on any atom is 0.433 e. The van der Waals surface area contributed by atoms with Gasteiger partial charge in [-0.05, 0) is 62.6 Å². The number of carbonyl (C=O) groups excluding carboxylic acids is 1. The van der Waals surface area contributed by atoms with Crippen molar-refractivity contribution in [2.75, 3.05) is 19.6 Å². The third-order valence-corrected chi connectivity index (χ3v) is 6.60. The van der Waals surface area contributed by atoms with Crippen LogP contribution in [0.3, 0.4) is 0 Å². The highest BCUT2D eigenvalue weighted by Crippen LogP contribution is 2.29. The highest BCUT2D eigenvalue weighted by Gasteiger charge is 2.33. The van der Waals surface area contributed by atoms with Gasteiger partial charge in [0.1, 0.15) is 5.69 Å². The first-order valence-electron chi connectivity index (χ1n) is 11.4. The van der Waals surface area contributed by atoms with Crippen molar-refractivity contribution < 1.29 is 18.0 Å². The van der Waals surface area contributed by atoms with Gasteiger partial charge < -0.3 is 10.2 Å². The van der Waals surface area contributed by atoms with Gasteiger partial charge in [-0.25, -0.2) is 0 Å². The minimum Gasteiger partial charge on any atom is -0.349 e. The molecule has 30 heavy (non-hydrogen) atoms. The lowest BCUT2D eigenvalue weighted by Gasteiger charge is -2.39. The number of pyridine rings is 1. The van der Waals surface area contributed by atoms with Crippen molar-refractivity contribution in [2.24, 2.45) is 11.8 Å². The van der Waals surface area contributed by atoms with Crippen molar-refractivity contribution in [3.8, 4) is 0 Å². The lowest BCUT2D eigenvalue weighted by Crippen LogP contribution is -2.48. The van der Waals surface area contributed by atoms with E-state index >= 15 is 0 Å². The maximum atomic E-state index is 12.7. The molecule has 1 N–H and O–H groups in total. The first kappa shape index (κ1) is 23.0. The van der Waals surface area contributed by atoms with E-state index in [2.05, 4.69) is 22.1 Å². The molecule has 1 aliphatic heterocycles. The number of alkyl halides is 3. The van der Waals surface area contributed by atoms with E-state index in [1.54, 1.807) is 0 Å². The van der Waals surface area contributed by atoms with Crippen LogP contribution in [0.5, 0.6) is 0 Å². The number of nitrogens with zero attached hydrogens (tertiary/aromatic N) is 2. The van der Waals surface area contributed by atoms with Crippen LogP contribution in [0.2, 0.25) is 0 Å². The molecule has 3 atom stereocenters. The normalized spacial score (nSPS) is 25.8. The number of amides is 1. The van der Waals surface area contributed by atoms with Gasteiger partial charge in [-0.15, -0.1) is 0 Å². The molecule has 2 fully saturated rings. The molecule has 7 heteroatoms. The van der Waals surface area contributed by atoms with Crippen molar-refractivity contribution in [2.45, 2.75) is 76.9 Å². The number of carbonyl (C=O) groups is 1. The second kappa shape index (κ2) is 10.6. The topological polar surface area (TPSA) is 45.2 Å². The van der Waals surface area contributed by atoms with Crippen LogP contribution in [-0.2, 0) is 6.18 Å². The van der Waals surface area contributed by atoms with Crippen molar-refractivity contribution >= 4 is 5.91 Å². The van der Waals surface area contributed by atoms with E-state index < -0.39 is 11.9 Å². The minimum atomic E-state index is -4.49. The molecule has 1 aromatic heterocycles. The second-order valence-corrected chi connectivity index (χ2v) is 8.96. The average molecular weight is 426 g/mol. The van der Waals surface area contributed by atoms with E-state index in [4.69, 9.17) is 0 Å². The number of halogens is 3. The summed E-state index contributed by atoms with van der Waals surface area (Å²) in [4.78, 5) is 18.6. The van der Waals surface area contributed by atoms with Crippen LogP contribution in [0.25, 0.3) is 0 Å². The van der Waals surface area contributed by atoms with E-state index in [0.29, 0.717) is 5.92 Å². The first-order valence-corrected chi connectivity index (χ1v) is 11.4. The van der Waals surface area contributed by atoms with Crippen molar-refractivity contribution in [3.05, 3.63) is 29.6 Å². The molecule has 0 aromatic carbocycles. The van der Waals surface area contributed by atoms with E-state index in [1.807, 2.05) is 0 Å². The zero-order valence-corrected chi connectivity index (χ0v) is 17.9. The number of aromatic nitrogens is 1. The Balaban J connectivity index is 1.57. The predicted molar refractivity (Wildman–Crippen MR) is 111 cm³/mol. The average Bonchev–Trinajstić information content (AvgIpc) is 2.73. The molecule has 3 unspecified atom stereocenters. The molecule has 1 amide bonds. The molecule has 0 radical (unpaired) electrons. The monoisotopic (exact) mass is 425 g/mol. The summed E-state index contributed by atoms with van der Waals surface area (Å²) < 4.78 is 38.1. The van der Waals surface area contributed by atoms with Gasteiger partial charge in [0, 0.05) is 25.3 Å². The molecule has 168 valence electrons. The maximum absolute atomic E-state index is 12.7. The largest absolute Gasteiger partial charge is 0.433 e. The Morgan fingerprint density at radius 2 is 2.00 bits per heavy atom. The lowest BCUT2D eigenvalue weighted by atomic mass is 9.83. The Kier molecular flexibility index (Phi) is 8.14. The number of rotatable bonds is 7. The second-order valence-electron chi connectivity index (χ2n) is 8.96. The molecule has 1 aliphatic carbocycles. The molecule has 2 heterocycles. The highest BCUT2D eigenvalue weighted by atomic mass is 19.4. The Morgan fingerprint density at radius 3 is 2.70 bits per heavy atom. The molecule has 1 saturated carbocycles. The fourth-order valence-corrected chi connectivity index (χ4v) is 4.94. The van der Waals surface area contributed by atoms with Crippen molar-refractivity contribution in [3.63, 3.8) is 0 Å². The molecule has 2 aliphatic rings. The molecular formula is C23H34F3N3O. The number of nitrogens with one attached hydrogen (secondary N) is 1. The summed E-state index contributed by atoms with van der Waals surface area (Å²) in [6, 6.07) is 2.16. The summed E-state index contributed by atoms with van der Waals surface area (Å²) in [5.74, 6) is 0.858. The van der Waals surface area contributed by atoms with Gasteiger partial charge in [-0.1, -0.05) is 32.6 Å². The summed E-state index contributed by atoms with van der Waals surface area (Å²) in [6.45, 7) is 5.52. The van der Waals surface area contributed by atoms with E-state index in [1.165, 1.54) is 44.6 Å². The minimum absolute atomic E-state index is 0.0737. The summed E-state index contributed by atoms with van der Waals surface area (Å²) in [5, 5.41) is 3.09. The molecule has 3 rings (SSSR count). The standard InChI is InChI=1S/C23H34F3N3O/c1-2-3-7-17-8-6-13-29(15-17)16-19-9-4-5-10-20(19)28-22(30)18-11-12-21(27-14-18)23(24,25)26/h11-12,14,17,19-20H,2-10,13,15-16H2,1H3,(H,28,30). The third-order valence-electron chi connectivity index (χ3n) is 6.60. The van der Waals surface area contributed by atoms with Gasteiger partial charge in [-0.3, -0.25) is 9.78 Å². The van der Waals surface area contributed by atoms with Gasteiger partial charge in [0.05, 0.1) is 5.56 Å². The molecule has 4 nitrogen and oxygen atoms in total. The molecule has 1 aromatic rings. The van der Waals surface area contributed by atoms with E-state index in [0.717, 1.165) is 57.1 Å². The molecule has 0 spiro atoms. The molecular weight excluding hydrogens is 391 g/mol. The fraction of sp³-hybridized carbons (Fsp3) is 0.739. The summed E-state index contributed by atoms with van der Waals surface area (Å²) >= 11 is 0. The zero-order valence-electron chi connectivity index (χ0n) is 17.9. The fourth-order valence-electron chi connectivity index (χ4n) is 4.94. The van der Waals surface area contributed by atoms with Crippen molar-refractivity contribution in [1.29, 1.82) is 0 Å².